The van der Waals surface area contributed by atoms with Crippen LogP contribution >= 0.6 is 11.3 Å². The van der Waals surface area contributed by atoms with Gasteiger partial charge in [-0.15, -0.1) is 11.3 Å². The Morgan fingerprint density at radius 2 is 1.96 bits per heavy atom. The van der Waals surface area contributed by atoms with E-state index in [1.165, 1.54) is 17.7 Å². The standard InChI is InChI=1S/C20H21N3O2S/c1-13-18(14(2)25-22-13)19(24)23(12-15-8-4-3-5-9-15)20-21-16-10-6-7-11-17(16)26-20/h3-5,8-9H,6-7,10-12H2,1-2H3. The summed E-state index contributed by atoms with van der Waals surface area (Å²) in [7, 11) is 0. The molecule has 0 bridgehead atoms. The van der Waals surface area contributed by atoms with Gasteiger partial charge in [-0.1, -0.05) is 35.5 Å². The van der Waals surface area contributed by atoms with Crippen molar-refractivity contribution in [3.63, 3.8) is 0 Å². The van der Waals surface area contributed by atoms with E-state index in [0.717, 1.165) is 29.2 Å². The number of fused-ring (bicyclic) bond motifs is 1. The number of nitrogens with zero attached hydrogens (tertiary/aromatic N) is 3. The minimum absolute atomic E-state index is 0.101. The number of hydrogen-bond donors (Lipinski definition) is 0. The molecule has 0 aliphatic heterocycles. The van der Waals surface area contributed by atoms with E-state index in [-0.39, 0.29) is 5.91 Å². The molecule has 0 fully saturated rings. The van der Waals surface area contributed by atoms with E-state index in [4.69, 9.17) is 9.51 Å². The monoisotopic (exact) mass is 367 g/mol. The first kappa shape index (κ1) is 17.0. The number of carbonyl (C=O) groups excluding carboxylic acids is 1. The predicted molar refractivity (Wildman–Crippen MR) is 102 cm³/mol. The van der Waals surface area contributed by atoms with Crippen LogP contribution in [-0.4, -0.2) is 16.0 Å². The van der Waals surface area contributed by atoms with E-state index in [0.29, 0.717) is 23.6 Å². The Bertz CT molecular complexity index is 887. The average molecular weight is 367 g/mol. The summed E-state index contributed by atoms with van der Waals surface area (Å²) in [6.07, 6.45) is 4.44. The maximum Gasteiger partial charge on any atom is 0.265 e. The molecule has 0 saturated carbocycles. The Morgan fingerprint density at radius 1 is 1.19 bits per heavy atom. The van der Waals surface area contributed by atoms with Gasteiger partial charge in [0.2, 0.25) is 0 Å². The first-order valence-electron chi connectivity index (χ1n) is 8.90. The van der Waals surface area contributed by atoms with E-state index < -0.39 is 0 Å². The molecule has 5 nitrogen and oxygen atoms in total. The van der Waals surface area contributed by atoms with E-state index in [1.807, 2.05) is 30.3 Å². The summed E-state index contributed by atoms with van der Waals surface area (Å²) < 4.78 is 5.22. The number of rotatable bonds is 4. The van der Waals surface area contributed by atoms with Crippen LogP contribution in [0, 0.1) is 13.8 Å². The highest BCUT2D eigenvalue weighted by molar-refractivity contribution is 7.16. The second kappa shape index (κ2) is 7.03. The molecule has 0 N–H and O–H groups in total. The molecule has 1 amide bonds. The van der Waals surface area contributed by atoms with Crippen molar-refractivity contribution >= 4 is 22.4 Å². The maximum absolute atomic E-state index is 13.4. The molecule has 0 atom stereocenters. The van der Waals surface area contributed by atoms with Crippen molar-refractivity contribution in [3.8, 4) is 0 Å². The first-order valence-corrected chi connectivity index (χ1v) is 9.72. The number of amides is 1. The molecule has 0 unspecified atom stereocenters. The second-order valence-corrected chi connectivity index (χ2v) is 7.71. The summed E-state index contributed by atoms with van der Waals surface area (Å²) in [5.41, 5.74) is 3.38. The van der Waals surface area contributed by atoms with Crippen LogP contribution < -0.4 is 4.90 Å². The summed E-state index contributed by atoms with van der Waals surface area (Å²) in [6.45, 7) is 4.06. The topological polar surface area (TPSA) is 59.2 Å². The van der Waals surface area contributed by atoms with Crippen molar-refractivity contribution in [2.45, 2.75) is 46.1 Å². The third kappa shape index (κ3) is 3.17. The fourth-order valence-corrected chi connectivity index (χ4v) is 4.52. The third-order valence-corrected chi connectivity index (χ3v) is 5.92. The first-order chi connectivity index (χ1) is 12.6. The van der Waals surface area contributed by atoms with Crippen molar-refractivity contribution in [2.24, 2.45) is 0 Å². The number of anilines is 1. The quantitative estimate of drug-likeness (QED) is 0.682. The lowest BCUT2D eigenvalue weighted by Gasteiger charge is -2.20. The van der Waals surface area contributed by atoms with E-state index in [1.54, 1.807) is 30.1 Å². The largest absolute Gasteiger partial charge is 0.361 e. The van der Waals surface area contributed by atoms with Crippen LogP contribution in [-0.2, 0) is 19.4 Å². The van der Waals surface area contributed by atoms with Crippen LogP contribution in [0.5, 0.6) is 0 Å². The lowest BCUT2D eigenvalue weighted by molar-refractivity contribution is 0.0983. The Hall–Kier alpha value is -2.47. The molecule has 0 saturated heterocycles. The molecule has 0 spiro atoms. The van der Waals surface area contributed by atoms with Gasteiger partial charge in [0.25, 0.3) is 5.91 Å². The molecular weight excluding hydrogens is 346 g/mol. The molecule has 1 aliphatic rings. The zero-order chi connectivity index (χ0) is 18.1. The molecule has 6 heteroatoms. The van der Waals surface area contributed by atoms with Crippen LogP contribution in [0.1, 0.15) is 50.8 Å². The van der Waals surface area contributed by atoms with Crippen LogP contribution in [0.25, 0.3) is 0 Å². The van der Waals surface area contributed by atoms with Crippen molar-refractivity contribution < 1.29 is 9.32 Å². The van der Waals surface area contributed by atoms with Gasteiger partial charge in [0.1, 0.15) is 11.3 Å². The van der Waals surface area contributed by atoms with Gasteiger partial charge in [-0.2, -0.15) is 0 Å². The zero-order valence-corrected chi connectivity index (χ0v) is 15.8. The Labute approximate surface area is 156 Å². The average Bonchev–Trinajstić information content (AvgIpc) is 3.23. The Kier molecular flexibility index (Phi) is 4.59. The molecule has 0 radical (unpaired) electrons. The van der Waals surface area contributed by atoms with Gasteiger partial charge in [0.15, 0.2) is 5.13 Å². The van der Waals surface area contributed by atoms with Gasteiger partial charge < -0.3 is 4.52 Å². The van der Waals surface area contributed by atoms with Crippen LogP contribution in [0.2, 0.25) is 0 Å². The van der Waals surface area contributed by atoms with Crippen LogP contribution in [0.15, 0.2) is 34.9 Å². The van der Waals surface area contributed by atoms with E-state index >= 15 is 0 Å². The summed E-state index contributed by atoms with van der Waals surface area (Å²) in [6, 6.07) is 10.0. The highest BCUT2D eigenvalue weighted by Crippen LogP contribution is 2.33. The van der Waals surface area contributed by atoms with E-state index in [9.17, 15) is 4.79 Å². The molecular formula is C20H21N3O2S. The molecule has 1 aliphatic carbocycles. The van der Waals surface area contributed by atoms with Crippen molar-refractivity contribution in [1.82, 2.24) is 10.1 Å². The van der Waals surface area contributed by atoms with Gasteiger partial charge in [0, 0.05) is 4.88 Å². The van der Waals surface area contributed by atoms with Crippen molar-refractivity contribution in [3.05, 3.63) is 63.5 Å². The summed E-state index contributed by atoms with van der Waals surface area (Å²) in [5, 5.41) is 4.72. The molecule has 134 valence electrons. The number of aromatic nitrogens is 2. The number of hydrogen-bond acceptors (Lipinski definition) is 5. The SMILES string of the molecule is Cc1noc(C)c1C(=O)N(Cc1ccccc1)c1nc2c(s1)CCCC2. The fraction of sp³-hybridized carbons (Fsp3) is 0.350. The lowest BCUT2D eigenvalue weighted by Crippen LogP contribution is -2.31. The number of thiazole rings is 1. The summed E-state index contributed by atoms with van der Waals surface area (Å²) in [4.78, 5) is 21.3. The van der Waals surface area contributed by atoms with Gasteiger partial charge in [-0.3, -0.25) is 9.69 Å². The third-order valence-electron chi connectivity index (χ3n) is 4.74. The van der Waals surface area contributed by atoms with Crippen molar-refractivity contribution in [2.75, 3.05) is 4.90 Å². The zero-order valence-electron chi connectivity index (χ0n) is 15.0. The lowest BCUT2D eigenvalue weighted by atomic mass is 10.0. The molecule has 26 heavy (non-hydrogen) atoms. The molecule has 1 aromatic carbocycles. The van der Waals surface area contributed by atoms with Crippen LogP contribution in [0.3, 0.4) is 0 Å². The second-order valence-electron chi connectivity index (χ2n) is 6.65. The molecule has 2 aromatic heterocycles. The fourth-order valence-electron chi connectivity index (χ4n) is 3.37. The maximum atomic E-state index is 13.4. The Morgan fingerprint density at radius 3 is 2.65 bits per heavy atom. The minimum Gasteiger partial charge on any atom is -0.361 e. The number of benzene rings is 1. The molecule has 4 rings (SSSR count). The van der Waals surface area contributed by atoms with Gasteiger partial charge >= 0.3 is 0 Å². The van der Waals surface area contributed by atoms with Gasteiger partial charge in [-0.05, 0) is 45.1 Å². The predicted octanol–water partition coefficient (Wildman–Crippen LogP) is 4.47. The normalized spacial score (nSPS) is 13.5. The summed E-state index contributed by atoms with van der Waals surface area (Å²) in [5.74, 6) is 0.447. The minimum atomic E-state index is -0.101. The Balaban J connectivity index is 1.74. The van der Waals surface area contributed by atoms with Crippen LogP contribution in [0.4, 0.5) is 5.13 Å². The number of carbonyl (C=O) groups is 1. The smallest absolute Gasteiger partial charge is 0.265 e. The summed E-state index contributed by atoms with van der Waals surface area (Å²) >= 11 is 1.64. The molecule has 3 aromatic rings. The van der Waals surface area contributed by atoms with Gasteiger partial charge in [0.05, 0.1) is 17.9 Å². The number of aryl methyl sites for hydroxylation is 4. The highest BCUT2D eigenvalue weighted by Gasteiger charge is 2.28. The van der Waals surface area contributed by atoms with Gasteiger partial charge in [-0.25, -0.2) is 4.98 Å². The highest BCUT2D eigenvalue weighted by atomic mass is 32.1. The van der Waals surface area contributed by atoms with Crippen molar-refractivity contribution in [1.29, 1.82) is 0 Å². The van der Waals surface area contributed by atoms with E-state index in [2.05, 4.69) is 5.16 Å². The molecule has 2 heterocycles.